The molecule has 0 fully saturated rings. The Morgan fingerprint density at radius 3 is 3.00 bits per heavy atom. The van der Waals surface area contributed by atoms with Crippen molar-refractivity contribution in [3.8, 4) is 6.07 Å². The molecular weight excluding hydrogens is 168 g/mol. The lowest BCUT2D eigenvalue weighted by Gasteiger charge is -1.95. The van der Waals surface area contributed by atoms with Crippen molar-refractivity contribution in [3.63, 3.8) is 0 Å². The number of hydrogen-bond acceptors (Lipinski definition) is 3. The van der Waals surface area contributed by atoms with Gasteiger partial charge in [0, 0.05) is 0 Å². The van der Waals surface area contributed by atoms with E-state index in [1.807, 2.05) is 17.5 Å². The minimum absolute atomic E-state index is 0.624. The lowest BCUT2D eigenvalue weighted by atomic mass is 10.1. The van der Waals surface area contributed by atoms with Gasteiger partial charge >= 0.3 is 0 Å². The Morgan fingerprint density at radius 1 is 1.42 bits per heavy atom. The lowest BCUT2D eigenvalue weighted by molar-refractivity contribution is 1.50. The molecule has 12 heavy (non-hydrogen) atoms. The first-order valence-electron chi connectivity index (χ1n) is 3.48. The second-order valence-corrected chi connectivity index (χ2v) is 3.43. The summed E-state index contributed by atoms with van der Waals surface area (Å²) in [7, 11) is 0. The second kappa shape index (κ2) is 2.50. The fraction of sp³-hybridized carbons (Fsp3) is 0. The van der Waals surface area contributed by atoms with Crippen molar-refractivity contribution < 1.29 is 0 Å². The highest BCUT2D eigenvalue weighted by molar-refractivity contribution is 7.17. The van der Waals surface area contributed by atoms with E-state index in [1.165, 1.54) is 0 Å². The molecule has 0 spiro atoms. The normalized spacial score (nSPS) is 9.92. The summed E-state index contributed by atoms with van der Waals surface area (Å²) in [4.78, 5) is 0. The Labute approximate surface area is 73.9 Å². The van der Waals surface area contributed by atoms with Gasteiger partial charge in [-0.1, -0.05) is 0 Å². The predicted octanol–water partition coefficient (Wildman–Crippen LogP) is 2.36. The van der Waals surface area contributed by atoms with Gasteiger partial charge in [-0.05, 0) is 29.0 Å². The highest BCUT2D eigenvalue weighted by Crippen LogP contribution is 2.27. The Kier molecular flexibility index (Phi) is 1.49. The fourth-order valence-corrected chi connectivity index (χ4v) is 1.98. The number of anilines is 1. The van der Waals surface area contributed by atoms with Crippen LogP contribution in [0.3, 0.4) is 0 Å². The molecule has 0 atom stereocenters. The molecule has 1 heterocycles. The number of hydrogen-bond donors (Lipinski definition) is 1. The third-order valence-electron chi connectivity index (χ3n) is 1.71. The smallest absolute Gasteiger partial charge is 0.0992 e. The minimum atomic E-state index is 0.624. The third-order valence-corrected chi connectivity index (χ3v) is 2.69. The number of nitriles is 1. The standard InChI is InChI=1S/C9H6N2S/c10-5-6-3-7-1-2-12-9(7)8(11)4-6/h1-4H,11H2. The molecule has 2 aromatic rings. The number of nitrogens with zero attached hydrogens (tertiary/aromatic N) is 1. The molecule has 2 nitrogen and oxygen atoms in total. The highest BCUT2D eigenvalue weighted by atomic mass is 32.1. The number of thiophene rings is 1. The van der Waals surface area contributed by atoms with E-state index in [-0.39, 0.29) is 0 Å². The second-order valence-electron chi connectivity index (χ2n) is 2.52. The Bertz CT molecular complexity index is 465. The van der Waals surface area contributed by atoms with Crippen LogP contribution >= 0.6 is 11.3 Å². The molecule has 0 aliphatic heterocycles. The molecule has 58 valence electrons. The van der Waals surface area contributed by atoms with Crippen LogP contribution in [0.25, 0.3) is 10.1 Å². The minimum Gasteiger partial charge on any atom is -0.398 e. The molecule has 2 rings (SSSR count). The molecule has 0 aliphatic rings. The summed E-state index contributed by atoms with van der Waals surface area (Å²) < 4.78 is 1.06. The number of nitrogen functional groups attached to an aromatic ring is 1. The Hall–Kier alpha value is -1.53. The van der Waals surface area contributed by atoms with Crippen molar-refractivity contribution >= 4 is 27.1 Å². The molecule has 0 unspecified atom stereocenters. The summed E-state index contributed by atoms with van der Waals surface area (Å²) in [6.07, 6.45) is 0. The zero-order valence-corrected chi connectivity index (χ0v) is 7.06. The summed E-state index contributed by atoms with van der Waals surface area (Å²) in [6, 6.07) is 7.60. The van der Waals surface area contributed by atoms with Crippen molar-refractivity contribution in [3.05, 3.63) is 29.1 Å². The quantitative estimate of drug-likeness (QED) is 0.623. The molecular formula is C9H6N2S. The van der Waals surface area contributed by atoms with Crippen LogP contribution in [-0.4, -0.2) is 0 Å². The summed E-state index contributed by atoms with van der Waals surface area (Å²) in [5.41, 5.74) is 7.05. The van der Waals surface area contributed by atoms with E-state index in [4.69, 9.17) is 11.0 Å². The van der Waals surface area contributed by atoms with Crippen molar-refractivity contribution in [2.75, 3.05) is 5.73 Å². The SMILES string of the molecule is N#Cc1cc(N)c2sccc2c1. The van der Waals surface area contributed by atoms with E-state index in [9.17, 15) is 0 Å². The zero-order chi connectivity index (χ0) is 8.55. The third kappa shape index (κ3) is 0.936. The first-order valence-corrected chi connectivity index (χ1v) is 4.36. The topological polar surface area (TPSA) is 49.8 Å². The predicted molar refractivity (Wildman–Crippen MR) is 51.0 cm³/mol. The molecule has 0 saturated carbocycles. The van der Waals surface area contributed by atoms with Crippen LogP contribution in [0.1, 0.15) is 5.56 Å². The molecule has 2 N–H and O–H groups in total. The Balaban J connectivity index is 2.86. The van der Waals surface area contributed by atoms with Crippen molar-refractivity contribution in [2.45, 2.75) is 0 Å². The van der Waals surface area contributed by atoms with Crippen molar-refractivity contribution in [1.82, 2.24) is 0 Å². The van der Waals surface area contributed by atoms with Crippen LogP contribution in [0.15, 0.2) is 23.6 Å². The van der Waals surface area contributed by atoms with E-state index in [0.29, 0.717) is 11.3 Å². The molecule has 1 aromatic carbocycles. The van der Waals surface area contributed by atoms with E-state index >= 15 is 0 Å². The van der Waals surface area contributed by atoms with Crippen LogP contribution in [0.2, 0.25) is 0 Å². The number of fused-ring (bicyclic) bond motifs is 1. The summed E-state index contributed by atoms with van der Waals surface area (Å²) in [5, 5.41) is 11.7. The van der Waals surface area contributed by atoms with Gasteiger partial charge < -0.3 is 5.73 Å². The molecule has 0 radical (unpaired) electrons. The molecule has 0 bridgehead atoms. The van der Waals surface area contributed by atoms with Gasteiger partial charge in [-0.15, -0.1) is 11.3 Å². The molecule has 0 saturated heterocycles. The van der Waals surface area contributed by atoms with Crippen LogP contribution in [0, 0.1) is 11.3 Å². The van der Waals surface area contributed by atoms with E-state index in [2.05, 4.69) is 6.07 Å². The van der Waals surface area contributed by atoms with E-state index < -0.39 is 0 Å². The van der Waals surface area contributed by atoms with Crippen LogP contribution < -0.4 is 5.73 Å². The molecule has 0 aliphatic carbocycles. The van der Waals surface area contributed by atoms with Gasteiger partial charge in [-0.3, -0.25) is 0 Å². The van der Waals surface area contributed by atoms with Gasteiger partial charge in [0.2, 0.25) is 0 Å². The van der Waals surface area contributed by atoms with Crippen molar-refractivity contribution in [1.29, 1.82) is 5.26 Å². The van der Waals surface area contributed by atoms with Gasteiger partial charge in [0.25, 0.3) is 0 Å². The van der Waals surface area contributed by atoms with E-state index in [0.717, 1.165) is 10.1 Å². The van der Waals surface area contributed by atoms with Crippen LogP contribution in [0.5, 0.6) is 0 Å². The highest BCUT2D eigenvalue weighted by Gasteiger charge is 2.01. The lowest BCUT2D eigenvalue weighted by Crippen LogP contribution is -1.85. The van der Waals surface area contributed by atoms with Crippen LogP contribution in [0.4, 0.5) is 5.69 Å². The van der Waals surface area contributed by atoms with Crippen LogP contribution in [-0.2, 0) is 0 Å². The number of rotatable bonds is 0. The van der Waals surface area contributed by atoms with Crippen molar-refractivity contribution in [2.24, 2.45) is 0 Å². The molecule has 1 aromatic heterocycles. The first kappa shape index (κ1) is 7.14. The monoisotopic (exact) mass is 174 g/mol. The fourth-order valence-electron chi connectivity index (χ4n) is 1.17. The number of nitrogens with two attached hydrogens (primary N) is 1. The summed E-state index contributed by atoms with van der Waals surface area (Å²) in [5.74, 6) is 0. The Morgan fingerprint density at radius 2 is 2.25 bits per heavy atom. The van der Waals surface area contributed by atoms with E-state index in [1.54, 1.807) is 17.4 Å². The van der Waals surface area contributed by atoms with Gasteiger partial charge in [0.1, 0.15) is 0 Å². The zero-order valence-electron chi connectivity index (χ0n) is 6.24. The first-order chi connectivity index (χ1) is 5.81. The van der Waals surface area contributed by atoms with Gasteiger partial charge in [-0.25, -0.2) is 0 Å². The molecule has 0 amide bonds. The summed E-state index contributed by atoms with van der Waals surface area (Å²) in [6.45, 7) is 0. The maximum Gasteiger partial charge on any atom is 0.0992 e. The average molecular weight is 174 g/mol. The maximum absolute atomic E-state index is 8.66. The number of benzene rings is 1. The maximum atomic E-state index is 8.66. The summed E-state index contributed by atoms with van der Waals surface area (Å²) >= 11 is 1.60. The molecule has 3 heteroatoms. The largest absolute Gasteiger partial charge is 0.398 e. The van der Waals surface area contributed by atoms with Gasteiger partial charge in [0.05, 0.1) is 22.0 Å². The average Bonchev–Trinajstić information content (AvgIpc) is 2.52. The van der Waals surface area contributed by atoms with Gasteiger partial charge in [0.15, 0.2) is 0 Å². The van der Waals surface area contributed by atoms with Gasteiger partial charge in [-0.2, -0.15) is 5.26 Å².